The third-order valence-electron chi connectivity index (χ3n) is 7.79. The highest BCUT2D eigenvalue weighted by molar-refractivity contribution is 5.93. The van der Waals surface area contributed by atoms with Gasteiger partial charge in [-0.1, -0.05) is 60.7 Å². The topological polar surface area (TPSA) is 179 Å². The van der Waals surface area contributed by atoms with Crippen LogP contribution in [0.25, 0.3) is 10.9 Å². The van der Waals surface area contributed by atoms with E-state index in [0.29, 0.717) is 25.1 Å². The summed E-state index contributed by atoms with van der Waals surface area (Å²) in [6.07, 6.45) is 1.93. The highest BCUT2D eigenvalue weighted by Gasteiger charge is 2.25. The van der Waals surface area contributed by atoms with Gasteiger partial charge in [0.1, 0.15) is 17.8 Å². The number of aliphatic carboxylic acids is 1. The first kappa shape index (κ1) is 35.2. The molecule has 3 aromatic carbocycles. The maximum Gasteiger partial charge on any atom is 0.305 e. The van der Waals surface area contributed by atoms with Crippen molar-refractivity contribution in [2.24, 2.45) is 0 Å². The zero-order chi connectivity index (χ0) is 34.3. The van der Waals surface area contributed by atoms with E-state index in [2.05, 4.69) is 26.3 Å². The van der Waals surface area contributed by atoms with Crippen molar-refractivity contribution in [2.75, 3.05) is 20.2 Å². The zero-order valence-corrected chi connectivity index (χ0v) is 26.8. The third kappa shape index (κ3) is 11.0. The zero-order valence-electron chi connectivity index (χ0n) is 26.8. The second-order valence-electron chi connectivity index (χ2n) is 11.3. The van der Waals surface area contributed by atoms with E-state index in [-0.39, 0.29) is 31.7 Å². The fraction of sp³-hybridized carbons (Fsp3) is 0.306. The quantitative estimate of drug-likeness (QED) is 0.0954. The van der Waals surface area contributed by atoms with E-state index in [1.807, 2.05) is 66.7 Å². The molecule has 12 heteroatoms. The fourth-order valence-electron chi connectivity index (χ4n) is 5.22. The second-order valence-corrected chi connectivity index (χ2v) is 11.3. The number of carboxylic acid groups (broad SMARTS) is 1. The first-order valence-electron chi connectivity index (χ1n) is 15.8. The van der Waals surface area contributed by atoms with Crippen LogP contribution in [0, 0.1) is 0 Å². The normalized spacial score (nSPS) is 12.0. The Morgan fingerprint density at radius 3 is 1.92 bits per heavy atom. The number of fused-ring (bicyclic) bond motifs is 1. The predicted molar refractivity (Wildman–Crippen MR) is 180 cm³/mol. The summed E-state index contributed by atoms with van der Waals surface area (Å²) in [6.45, 7) is 0.601. The van der Waals surface area contributed by atoms with Gasteiger partial charge in [-0.05, 0) is 47.7 Å². The summed E-state index contributed by atoms with van der Waals surface area (Å²) in [4.78, 5) is 66.4. The molecule has 0 unspecified atom stereocenters. The SMILES string of the molecule is COc1ccc(CCNC(=O)[C@H](CC(=O)O)NC(=O)CCC(=O)N[C@@H](Cc2c[nH]c3ccccc23)C(=O)NCCc2ccccc2)cc1. The molecule has 48 heavy (non-hydrogen) atoms. The first-order valence-corrected chi connectivity index (χ1v) is 15.8. The number of H-pyrrole nitrogens is 1. The van der Waals surface area contributed by atoms with Gasteiger partial charge in [-0.25, -0.2) is 0 Å². The Bertz CT molecular complexity index is 1690. The van der Waals surface area contributed by atoms with Crippen LogP contribution in [0.15, 0.2) is 85.1 Å². The van der Waals surface area contributed by atoms with Gasteiger partial charge in [-0.15, -0.1) is 0 Å². The maximum absolute atomic E-state index is 13.3. The molecule has 4 rings (SSSR count). The molecule has 1 aromatic heterocycles. The Hall–Kier alpha value is -5.65. The molecule has 0 aliphatic carbocycles. The lowest BCUT2D eigenvalue weighted by Crippen LogP contribution is -2.49. The smallest absolute Gasteiger partial charge is 0.305 e. The molecular weight excluding hydrogens is 614 g/mol. The van der Waals surface area contributed by atoms with Crippen molar-refractivity contribution in [3.05, 3.63) is 102 Å². The fourth-order valence-corrected chi connectivity index (χ4v) is 5.22. The minimum Gasteiger partial charge on any atom is -0.497 e. The summed E-state index contributed by atoms with van der Waals surface area (Å²) in [5.41, 5.74) is 3.75. The number of nitrogens with one attached hydrogen (secondary N) is 5. The van der Waals surface area contributed by atoms with Gasteiger partial charge in [0, 0.05) is 49.5 Å². The highest BCUT2D eigenvalue weighted by atomic mass is 16.5. The van der Waals surface area contributed by atoms with Crippen molar-refractivity contribution in [1.82, 2.24) is 26.3 Å². The average molecular weight is 656 g/mol. The molecule has 0 bridgehead atoms. The Morgan fingerprint density at radius 2 is 1.29 bits per heavy atom. The number of carbonyl (C=O) groups excluding carboxylic acids is 4. The number of amides is 4. The third-order valence-corrected chi connectivity index (χ3v) is 7.79. The second kappa shape index (κ2) is 17.9. The number of aromatic nitrogens is 1. The molecule has 0 saturated carbocycles. The number of hydrogen-bond acceptors (Lipinski definition) is 6. The van der Waals surface area contributed by atoms with E-state index in [1.165, 1.54) is 0 Å². The van der Waals surface area contributed by atoms with Crippen LogP contribution in [-0.2, 0) is 43.2 Å². The van der Waals surface area contributed by atoms with E-state index in [4.69, 9.17) is 4.74 Å². The van der Waals surface area contributed by atoms with Gasteiger partial charge in [0.05, 0.1) is 13.5 Å². The molecule has 252 valence electrons. The standard InChI is InChI=1S/C36H41N5O7/c1-48-27-13-11-25(12-14-27)18-20-38-36(47)31(22-34(44)45)41-33(43)16-15-32(42)40-30(21-26-23-39-29-10-6-5-9-28(26)29)35(46)37-19-17-24-7-3-2-4-8-24/h2-14,23,30-31,39H,15-22H2,1H3,(H,37,46)(H,38,47)(H,40,42)(H,41,43)(H,44,45)/t30-,31-/m0/s1. The van der Waals surface area contributed by atoms with Crippen LogP contribution in [-0.4, -0.2) is 72.0 Å². The number of methoxy groups -OCH3 is 1. The number of hydrogen-bond donors (Lipinski definition) is 6. The molecule has 4 amide bonds. The van der Waals surface area contributed by atoms with Gasteiger partial charge in [0.25, 0.3) is 0 Å². The molecule has 0 fully saturated rings. The van der Waals surface area contributed by atoms with Crippen LogP contribution in [0.2, 0.25) is 0 Å². The van der Waals surface area contributed by atoms with Gasteiger partial charge in [0.15, 0.2) is 0 Å². The summed E-state index contributed by atoms with van der Waals surface area (Å²) in [6, 6.07) is 22.4. The molecule has 6 N–H and O–H groups in total. The summed E-state index contributed by atoms with van der Waals surface area (Å²) >= 11 is 0. The van der Waals surface area contributed by atoms with E-state index < -0.39 is 42.2 Å². The van der Waals surface area contributed by atoms with E-state index >= 15 is 0 Å². The van der Waals surface area contributed by atoms with E-state index in [1.54, 1.807) is 25.4 Å². The van der Waals surface area contributed by atoms with Crippen LogP contribution in [0.4, 0.5) is 0 Å². The molecule has 0 aliphatic heterocycles. The van der Waals surface area contributed by atoms with Gasteiger partial charge >= 0.3 is 5.97 Å². The lowest BCUT2D eigenvalue weighted by molar-refractivity contribution is -0.140. The van der Waals surface area contributed by atoms with Crippen molar-refractivity contribution < 1.29 is 33.8 Å². The van der Waals surface area contributed by atoms with Crippen LogP contribution >= 0.6 is 0 Å². The van der Waals surface area contributed by atoms with Gasteiger partial charge in [0.2, 0.25) is 23.6 Å². The van der Waals surface area contributed by atoms with Crippen LogP contribution < -0.4 is 26.0 Å². The summed E-state index contributed by atoms with van der Waals surface area (Å²) in [7, 11) is 1.56. The molecule has 0 spiro atoms. The molecule has 12 nitrogen and oxygen atoms in total. The van der Waals surface area contributed by atoms with Crippen molar-refractivity contribution in [3.63, 3.8) is 0 Å². The number of benzene rings is 3. The summed E-state index contributed by atoms with van der Waals surface area (Å²) in [5, 5.41) is 21.0. The summed E-state index contributed by atoms with van der Waals surface area (Å²) in [5.74, 6) is -2.76. The minimum atomic E-state index is -1.32. The number of carbonyl (C=O) groups is 5. The first-order chi connectivity index (χ1) is 23.2. The van der Waals surface area contributed by atoms with Gasteiger partial charge in [-0.3, -0.25) is 24.0 Å². The van der Waals surface area contributed by atoms with Gasteiger partial charge in [-0.2, -0.15) is 0 Å². The molecule has 0 saturated heterocycles. The van der Waals surface area contributed by atoms with Crippen LogP contribution in [0.3, 0.4) is 0 Å². The lowest BCUT2D eigenvalue weighted by atomic mass is 10.0. The molecule has 2 atom stereocenters. The number of ether oxygens (including phenoxy) is 1. The average Bonchev–Trinajstić information content (AvgIpc) is 3.50. The number of rotatable bonds is 18. The van der Waals surface area contributed by atoms with Crippen LogP contribution in [0.1, 0.15) is 36.0 Å². The Balaban J connectivity index is 1.30. The summed E-state index contributed by atoms with van der Waals surface area (Å²) < 4.78 is 5.13. The Kier molecular flexibility index (Phi) is 13.1. The van der Waals surface area contributed by atoms with Crippen LogP contribution in [0.5, 0.6) is 5.75 Å². The maximum atomic E-state index is 13.3. The van der Waals surface area contributed by atoms with Crippen molar-refractivity contribution in [2.45, 2.75) is 50.6 Å². The minimum absolute atomic E-state index is 0.219. The van der Waals surface area contributed by atoms with Crippen molar-refractivity contribution in [3.8, 4) is 5.75 Å². The Morgan fingerprint density at radius 1 is 0.729 bits per heavy atom. The van der Waals surface area contributed by atoms with Crippen molar-refractivity contribution >= 4 is 40.5 Å². The monoisotopic (exact) mass is 655 g/mol. The molecule has 0 aliphatic rings. The number of para-hydroxylation sites is 1. The molecular formula is C36H41N5O7. The van der Waals surface area contributed by atoms with Crippen molar-refractivity contribution in [1.29, 1.82) is 0 Å². The largest absolute Gasteiger partial charge is 0.497 e. The number of aromatic amines is 1. The predicted octanol–water partition coefficient (Wildman–Crippen LogP) is 2.66. The highest BCUT2D eigenvalue weighted by Crippen LogP contribution is 2.19. The molecule has 4 aromatic rings. The molecule has 1 heterocycles. The van der Waals surface area contributed by atoms with Gasteiger partial charge < -0.3 is 36.1 Å². The lowest BCUT2D eigenvalue weighted by Gasteiger charge is -2.19. The van der Waals surface area contributed by atoms with E-state index in [9.17, 15) is 29.1 Å². The Labute approximate surface area is 278 Å². The molecule has 0 radical (unpaired) electrons. The number of carboxylic acids is 1. The van der Waals surface area contributed by atoms with E-state index in [0.717, 1.165) is 27.6 Å².